The molecule has 0 aliphatic carbocycles. The van der Waals surface area contributed by atoms with Crippen LogP contribution in [-0.2, 0) is 4.79 Å². The smallest absolute Gasteiger partial charge is 0.257 e. The van der Waals surface area contributed by atoms with Crippen molar-refractivity contribution in [1.82, 2.24) is 10.3 Å². The molecule has 0 aliphatic heterocycles. The predicted octanol–water partition coefficient (Wildman–Crippen LogP) is 4.95. The number of nitrogens with zero attached hydrogens (tertiary/aromatic N) is 1. The van der Waals surface area contributed by atoms with Crippen LogP contribution in [0.25, 0.3) is 10.9 Å². The lowest BCUT2D eigenvalue weighted by Crippen LogP contribution is -2.30. The lowest BCUT2D eigenvalue weighted by molar-refractivity contribution is -0.123. The normalized spacial score (nSPS) is 10.8. The first-order chi connectivity index (χ1) is 14.8. The third-order valence-electron chi connectivity index (χ3n) is 5.11. The maximum atomic E-state index is 12.4. The summed E-state index contributed by atoms with van der Waals surface area (Å²) in [4.78, 5) is 16.7. The number of ether oxygens (including phenoxy) is 1. The summed E-state index contributed by atoms with van der Waals surface area (Å²) >= 11 is 0. The Kier molecular flexibility index (Phi) is 6.35. The summed E-state index contributed by atoms with van der Waals surface area (Å²) in [5.74, 6) is 0.716. The minimum Gasteiger partial charge on any atom is -0.481 e. The van der Waals surface area contributed by atoms with Crippen molar-refractivity contribution < 1.29 is 9.53 Å². The lowest BCUT2D eigenvalue weighted by atomic mass is 9.88. The van der Waals surface area contributed by atoms with Crippen molar-refractivity contribution >= 4 is 16.8 Å². The monoisotopic (exact) mass is 396 g/mol. The lowest BCUT2D eigenvalue weighted by Gasteiger charge is -2.18. The first kappa shape index (κ1) is 19.6. The molecule has 0 bridgehead atoms. The van der Waals surface area contributed by atoms with Crippen molar-refractivity contribution in [3.05, 3.63) is 108 Å². The van der Waals surface area contributed by atoms with Gasteiger partial charge in [-0.3, -0.25) is 9.78 Å². The van der Waals surface area contributed by atoms with Crippen LogP contribution in [0.2, 0.25) is 0 Å². The highest BCUT2D eigenvalue weighted by Crippen LogP contribution is 2.27. The Morgan fingerprint density at radius 2 is 1.50 bits per heavy atom. The summed E-state index contributed by atoms with van der Waals surface area (Å²) in [5.41, 5.74) is 3.26. The molecule has 0 spiro atoms. The Morgan fingerprint density at radius 3 is 2.20 bits per heavy atom. The van der Waals surface area contributed by atoms with Gasteiger partial charge in [0.15, 0.2) is 6.61 Å². The van der Waals surface area contributed by atoms with Gasteiger partial charge in [-0.15, -0.1) is 0 Å². The van der Waals surface area contributed by atoms with Gasteiger partial charge in [-0.05, 0) is 29.7 Å². The van der Waals surface area contributed by atoms with Crippen LogP contribution in [0.3, 0.4) is 0 Å². The molecule has 0 aliphatic rings. The van der Waals surface area contributed by atoms with Crippen molar-refractivity contribution in [2.75, 3.05) is 13.2 Å². The van der Waals surface area contributed by atoms with Gasteiger partial charge in [0, 0.05) is 24.0 Å². The van der Waals surface area contributed by atoms with Crippen LogP contribution in [0.4, 0.5) is 0 Å². The Balaban J connectivity index is 1.35. The predicted molar refractivity (Wildman–Crippen MR) is 120 cm³/mol. The Labute approximate surface area is 176 Å². The fourth-order valence-electron chi connectivity index (χ4n) is 3.64. The number of nitrogens with one attached hydrogen (secondary N) is 1. The zero-order valence-corrected chi connectivity index (χ0v) is 16.7. The summed E-state index contributed by atoms with van der Waals surface area (Å²) < 4.78 is 5.73. The van der Waals surface area contributed by atoms with E-state index in [0.717, 1.165) is 17.3 Å². The molecule has 3 aromatic carbocycles. The van der Waals surface area contributed by atoms with Crippen molar-refractivity contribution in [2.45, 2.75) is 12.3 Å². The molecule has 150 valence electrons. The number of rotatable bonds is 8. The molecule has 0 saturated heterocycles. The highest BCUT2D eigenvalue weighted by atomic mass is 16.5. The number of benzene rings is 3. The number of hydrogen-bond donors (Lipinski definition) is 1. The number of pyridine rings is 1. The van der Waals surface area contributed by atoms with Crippen LogP contribution >= 0.6 is 0 Å². The minimum absolute atomic E-state index is 0.0307. The molecule has 0 radical (unpaired) electrons. The number of aromatic nitrogens is 1. The second-order valence-electron chi connectivity index (χ2n) is 7.13. The van der Waals surface area contributed by atoms with Crippen LogP contribution < -0.4 is 10.1 Å². The first-order valence-corrected chi connectivity index (χ1v) is 10.1. The largest absolute Gasteiger partial charge is 0.481 e. The van der Waals surface area contributed by atoms with E-state index in [0.29, 0.717) is 12.3 Å². The fourth-order valence-corrected chi connectivity index (χ4v) is 3.64. The molecule has 1 amide bonds. The molecule has 4 nitrogen and oxygen atoms in total. The highest BCUT2D eigenvalue weighted by Gasteiger charge is 2.14. The summed E-state index contributed by atoms with van der Waals surface area (Å²) in [6.07, 6.45) is 2.54. The van der Waals surface area contributed by atoms with E-state index in [1.165, 1.54) is 11.1 Å². The highest BCUT2D eigenvalue weighted by molar-refractivity contribution is 5.85. The van der Waals surface area contributed by atoms with Gasteiger partial charge in [0.1, 0.15) is 11.3 Å². The van der Waals surface area contributed by atoms with E-state index in [1.807, 2.05) is 42.5 Å². The summed E-state index contributed by atoms with van der Waals surface area (Å²) in [6.45, 7) is 0.543. The number of para-hydroxylation sites is 1. The molecule has 0 unspecified atom stereocenters. The maximum Gasteiger partial charge on any atom is 0.257 e. The number of carbonyl (C=O) groups excluding carboxylic acids is 1. The Bertz CT molecular complexity index is 1050. The molecule has 30 heavy (non-hydrogen) atoms. The zero-order valence-electron chi connectivity index (χ0n) is 16.7. The number of amides is 1. The van der Waals surface area contributed by atoms with Gasteiger partial charge in [0.05, 0.1) is 0 Å². The average molecular weight is 396 g/mol. The van der Waals surface area contributed by atoms with Gasteiger partial charge in [0.25, 0.3) is 5.91 Å². The second-order valence-corrected chi connectivity index (χ2v) is 7.13. The van der Waals surface area contributed by atoms with Gasteiger partial charge >= 0.3 is 0 Å². The SMILES string of the molecule is O=C(COc1cccc2cccnc12)NCCC(c1ccccc1)c1ccccc1. The van der Waals surface area contributed by atoms with Gasteiger partial charge in [-0.1, -0.05) is 78.9 Å². The second kappa shape index (κ2) is 9.70. The summed E-state index contributed by atoms with van der Waals surface area (Å²) in [7, 11) is 0. The van der Waals surface area contributed by atoms with Gasteiger partial charge in [-0.25, -0.2) is 0 Å². The average Bonchev–Trinajstić information content (AvgIpc) is 2.81. The quantitative estimate of drug-likeness (QED) is 0.458. The molecule has 4 aromatic rings. The van der Waals surface area contributed by atoms with E-state index in [-0.39, 0.29) is 18.4 Å². The minimum atomic E-state index is -0.136. The Morgan fingerprint density at radius 1 is 0.833 bits per heavy atom. The number of hydrogen-bond acceptors (Lipinski definition) is 3. The van der Waals surface area contributed by atoms with Crippen LogP contribution in [0.15, 0.2) is 97.2 Å². The third kappa shape index (κ3) is 4.84. The molecular weight excluding hydrogens is 372 g/mol. The summed E-state index contributed by atoms with van der Waals surface area (Å²) in [6, 6.07) is 30.4. The van der Waals surface area contributed by atoms with E-state index >= 15 is 0 Å². The van der Waals surface area contributed by atoms with Crippen molar-refractivity contribution in [3.63, 3.8) is 0 Å². The topological polar surface area (TPSA) is 51.2 Å². The van der Waals surface area contributed by atoms with Crippen molar-refractivity contribution in [1.29, 1.82) is 0 Å². The van der Waals surface area contributed by atoms with E-state index in [4.69, 9.17) is 4.74 Å². The number of carbonyl (C=O) groups is 1. The molecule has 0 fully saturated rings. The van der Waals surface area contributed by atoms with Crippen LogP contribution in [0.5, 0.6) is 5.75 Å². The molecule has 0 atom stereocenters. The molecular formula is C26H24N2O2. The van der Waals surface area contributed by atoms with Crippen LogP contribution in [0.1, 0.15) is 23.5 Å². The van der Waals surface area contributed by atoms with Gasteiger partial charge < -0.3 is 10.1 Å². The Hall–Kier alpha value is -3.66. The van der Waals surface area contributed by atoms with E-state index < -0.39 is 0 Å². The standard InChI is InChI=1S/C26H24N2O2/c29-25(19-30-24-15-7-13-22-14-8-17-28-26(22)24)27-18-16-23(20-9-3-1-4-10-20)21-11-5-2-6-12-21/h1-15,17,23H,16,18-19H2,(H,27,29). The third-order valence-corrected chi connectivity index (χ3v) is 5.11. The molecule has 1 aromatic heterocycles. The molecule has 4 rings (SSSR count). The maximum absolute atomic E-state index is 12.4. The van der Waals surface area contributed by atoms with Crippen LogP contribution in [0, 0.1) is 0 Å². The van der Waals surface area contributed by atoms with E-state index in [2.05, 4.69) is 58.8 Å². The zero-order chi connectivity index (χ0) is 20.6. The molecule has 1 N–H and O–H groups in total. The molecule has 1 heterocycles. The fraction of sp³-hybridized carbons (Fsp3) is 0.154. The van der Waals surface area contributed by atoms with E-state index in [9.17, 15) is 4.79 Å². The molecule has 0 saturated carbocycles. The first-order valence-electron chi connectivity index (χ1n) is 10.1. The van der Waals surface area contributed by atoms with Crippen LogP contribution in [-0.4, -0.2) is 24.0 Å². The van der Waals surface area contributed by atoms with Gasteiger partial charge in [0.2, 0.25) is 0 Å². The molecule has 4 heteroatoms. The number of fused-ring (bicyclic) bond motifs is 1. The van der Waals surface area contributed by atoms with Gasteiger partial charge in [-0.2, -0.15) is 0 Å². The van der Waals surface area contributed by atoms with E-state index in [1.54, 1.807) is 6.20 Å². The summed E-state index contributed by atoms with van der Waals surface area (Å²) in [5, 5.41) is 3.98. The van der Waals surface area contributed by atoms with Crippen molar-refractivity contribution in [3.8, 4) is 5.75 Å². The van der Waals surface area contributed by atoms with Crippen molar-refractivity contribution in [2.24, 2.45) is 0 Å².